The maximum absolute atomic E-state index is 10.8. The summed E-state index contributed by atoms with van der Waals surface area (Å²) in [6, 6.07) is 0. The molecule has 1 unspecified atom stereocenters. The van der Waals surface area contributed by atoms with Gasteiger partial charge in [0, 0.05) is 12.0 Å². The number of nitrogens with zero attached hydrogens (tertiary/aromatic N) is 1. The van der Waals surface area contributed by atoms with E-state index >= 15 is 0 Å². The van der Waals surface area contributed by atoms with Gasteiger partial charge in [-0.1, -0.05) is 13.8 Å². The Labute approximate surface area is 105 Å². The molecule has 17 heavy (non-hydrogen) atoms. The summed E-state index contributed by atoms with van der Waals surface area (Å²) in [5, 5.41) is 8.86. The van der Waals surface area contributed by atoms with E-state index in [4.69, 9.17) is 5.11 Å². The summed E-state index contributed by atoms with van der Waals surface area (Å²) >= 11 is 0. The molecule has 0 spiro atoms. The van der Waals surface area contributed by atoms with Crippen LogP contribution in [0.25, 0.3) is 0 Å². The van der Waals surface area contributed by atoms with Gasteiger partial charge >= 0.3 is 5.97 Å². The van der Waals surface area contributed by atoms with Gasteiger partial charge in [0.25, 0.3) is 0 Å². The molecule has 3 heteroatoms. The third-order valence-electron chi connectivity index (χ3n) is 3.89. The van der Waals surface area contributed by atoms with Gasteiger partial charge in [0.05, 0.1) is 0 Å². The summed E-state index contributed by atoms with van der Waals surface area (Å²) in [4.78, 5) is 13.3. The van der Waals surface area contributed by atoms with Gasteiger partial charge in [-0.05, 0) is 58.0 Å². The molecular formula is C14H27NO2. The predicted octanol–water partition coefficient (Wildman–Crippen LogP) is 3.00. The third-order valence-corrected chi connectivity index (χ3v) is 3.89. The van der Waals surface area contributed by atoms with Gasteiger partial charge in [-0.3, -0.25) is 9.69 Å². The second-order valence-corrected chi connectivity index (χ2v) is 6.44. The molecule has 1 atom stereocenters. The first-order valence-electron chi connectivity index (χ1n) is 6.78. The van der Waals surface area contributed by atoms with Crippen molar-refractivity contribution in [2.24, 2.45) is 11.8 Å². The molecule has 1 heterocycles. The van der Waals surface area contributed by atoms with Crippen LogP contribution in [0.4, 0.5) is 0 Å². The molecule has 0 saturated carbocycles. The number of carbonyl (C=O) groups is 1. The largest absolute Gasteiger partial charge is 0.481 e. The number of carboxylic acids is 1. The van der Waals surface area contributed by atoms with Crippen molar-refractivity contribution in [3.63, 3.8) is 0 Å². The molecule has 1 aliphatic rings. The van der Waals surface area contributed by atoms with E-state index in [9.17, 15) is 4.79 Å². The van der Waals surface area contributed by atoms with E-state index in [-0.39, 0.29) is 5.54 Å². The maximum atomic E-state index is 10.8. The molecule has 0 aromatic carbocycles. The SMILES string of the molecule is CC(C)CCN1CCC(CC(=O)O)CC1(C)C. The average Bonchev–Trinajstić information content (AvgIpc) is 2.13. The Morgan fingerprint density at radius 2 is 2.12 bits per heavy atom. The molecule has 100 valence electrons. The molecule has 0 radical (unpaired) electrons. The van der Waals surface area contributed by atoms with E-state index in [0.717, 1.165) is 31.8 Å². The fraction of sp³-hybridized carbons (Fsp3) is 0.929. The first kappa shape index (κ1) is 14.5. The van der Waals surface area contributed by atoms with Crippen molar-refractivity contribution < 1.29 is 9.90 Å². The smallest absolute Gasteiger partial charge is 0.303 e. The number of likely N-dealkylation sites (tertiary alicyclic amines) is 1. The van der Waals surface area contributed by atoms with Crippen molar-refractivity contribution in [2.45, 2.75) is 58.9 Å². The molecule has 0 aliphatic carbocycles. The first-order chi connectivity index (χ1) is 7.81. The minimum Gasteiger partial charge on any atom is -0.481 e. The minimum atomic E-state index is -0.651. The van der Waals surface area contributed by atoms with E-state index in [1.807, 2.05) is 0 Å². The van der Waals surface area contributed by atoms with Gasteiger partial charge in [0.1, 0.15) is 0 Å². The Kier molecular flexibility index (Phi) is 4.99. The number of hydrogen-bond donors (Lipinski definition) is 1. The van der Waals surface area contributed by atoms with Gasteiger partial charge in [-0.15, -0.1) is 0 Å². The number of hydrogen-bond acceptors (Lipinski definition) is 2. The molecule has 1 fully saturated rings. The molecule has 0 amide bonds. The van der Waals surface area contributed by atoms with Crippen molar-refractivity contribution in [1.82, 2.24) is 4.90 Å². The Balaban J connectivity index is 2.48. The van der Waals surface area contributed by atoms with Crippen molar-refractivity contribution in [1.29, 1.82) is 0 Å². The van der Waals surface area contributed by atoms with Crippen LogP contribution in [0, 0.1) is 11.8 Å². The zero-order valence-electron chi connectivity index (χ0n) is 11.7. The molecule has 3 nitrogen and oxygen atoms in total. The normalized spacial score (nSPS) is 25.1. The van der Waals surface area contributed by atoms with Crippen LogP contribution in [0.1, 0.15) is 53.4 Å². The summed E-state index contributed by atoms with van der Waals surface area (Å²) in [7, 11) is 0. The van der Waals surface area contributed by atoms with Gasteiger partial charge in [0.15, 0.2) is 0 Å². The number of aliphatic carboxylic acids is 1. The van der Waals surface area contributed by atoms with Gasteiger partial charge in [-0.25, -0.2) is 0 Å². The molecule has 0 bridgehead atoms. The summed E-state index contributed by atoms with van der Waals surface area (Å²) in [5.41, 5.74) is 0.160. The lowest BCUT2D eigenvalue weighted by Gasteiger charge is -2.45. The Morgan fingerprint density at radius 1 is 1.47 bits per heavy atom. The molecule has 0 aromatic rings. The number of carboxylic acid groups (broad SMARTS) is 1. The van der Waals surface area contributed by atoms with Crippen LogP contribution in [0.3, 0.4) is 0 Å². The van der Waals surface area contributed by atoms with Crippen molar-refractivity contribution in [3.05, 3.63) is 0 Å². The van der Waals surface area contributed by atoms with Crippen molar-refractivity contribution in [2.75, 3.05) is 13.1 Å². The third kappa shape index (κ3) is 4.66. The topological polar surface area (TPSA) is 40.5 Å². The quantitative estimate of drug-likeness (QED) is 0.804. The van der Waals surface area contributed by atoms with E-state index < -0.39 is 5.97 Å². The standard InChI is InChI=1S/C14H27NO2/c1-11(2)5-7-15-8-6-12(9-13(16)17)10-14(15,3)4/h11-12H,5-10H2,1-4H3,(H,16,17). The summed E-state index contributed by atoms with van der Waals surface area (Å²) in [6.07, 6.45) is 3.61. The van der Waals surface area contributed by atoms with Crippen LogP contribution >= 0.6 is 0 Å². The fourth-order valence-corrected chi connectivity index (χ4v) is 2.83. The minimum absolute atomic E-state index is 0.160. The molecule has 1 N–H and O–H groups in total. The van der Waals surface area contributed by atoms with E-state index in [1.54, 1.807) is 0 Å². The molecule has 0 aromatic heterocycles. The number of piperidine rings is 1. The van der Waals surface area contributed by atoms with Crippen molar-refractivity contribution >= 4 is 5.97 Å². The summed E-state index contributed by atoms with van der Waals surface area (Å²) in [6.45, 7) is 11.2. The van der Waals surface area contributed by atoms with Crippen LogP contribution in [-0.4, -0.2) is 34.6 Å². The van der Waals surface area contributed by atoms with Gasteiger partial charge in [-0.2, -0.15) is 0 Å². The highest BCUT2D eigenvalue weighted by atomic mass is 16.4. The van der Waals surface area contributed by atoms with Crippen LogP contribution in [0.15, 0.2) is 0 Å². The maximum Gasteiger partial charge on any atom is 0.303 e. The molecule has 1 aliphatic heterocycles. The fourth-order valence-electron chi connectivity index (χ4n) is 2.83. The zero-order chi connectivity index (χ0) is 13.1. The van der Waals surface area contributed by atoms with Crippen LogP contribution in [0.5, 0.6) is 0 Å². The van der Waals surface area contributed by atoms with E-state index in [0.29, 0.717) is 12.3 Å². The summed E-state index contributed by atoms with van der Waals surface area (Å²) < 4.78 is 0. The second-order valence-electron chi connectivity index (χ2n) is 6.44. The first-order valence-corrected chi connectivity index (χ1v) is 6.78. The van der Waals surface area contributed by atoms with Crippen LogP contribution in [0.2, 0.25) is 0 Å². The second kappa shape index (κ2) is 5.85. The van der Waals surface area contributed by atoms with E-state index in [1.165, 1.54) is 6.42 Å². The summed E-state index contributed by atoms with van der Waals surface area (Å²) in [5.74, 6) is 0.446. The van der Waals surface area contributed by atoms with E-state index in [2.05, 4.69) is 32.6 Å². The average molecular weight is 241 g/mol. The lowest BCUT2D eigenvalue weighted by Crippen LogP contribution is -2.50. The Morgan fingerprint density at radius 3 is 2.59 bits per heavy atom. The monoisotopic (exact) mass is 241 g/mol. The Hall–Kier alpha value is -0.570. The predicted molar refractivity (Wildman–Crippen MR) is 70.1 cm³/mol. The number of rotatable bonds is 5. The highest BCUT2D eigenvalue weighted by Gasteiger charge is 2.34. The molecule has 1 rings (SSSR count). The highest BCUT2D eigenvalue weighted by molar-refractivity contribution is 5.67. The Bertz CT molecular complexity index is 261. The van der Waals surface area contributed by atoms with Crippen LogP contribution < -0.4 is 0 Å². The van der Waals surface area contributed by atoms with Gasteiger partial charge in [0.2, 0.25) is 0 Å². The lowest BCUT2D eigenvalue weighted by atomic mass is 9.81. The molecular weight excluding hydrogens is 214 g/mol. The van der Waals surface area contributed by atoms with Crippen LogP contribution in [-0.2, 0) is 4.79 Å². The van der Waals surface area contributed by atoms with Gasteiger partial charge < -0.3 is 5.11 Å². The molecule has 1 saturated heterocycles. The zero-order valence-corrected chi connectivity index (χ0v) is 11.7. The van der Waals surface area contributed by atoms with Crippen molar-refractivity contribution in [3.8, 4) is 0 Å². The lowest BCUT2D eigenvalue weighted by molar-refractivity contribution is -0.138. The highest BCUT2D eigenvalue weighted by Crippen LogP contribution is 2.33.